The van der Waals surface area contributed by atoms with E-state index in [1.54, 1.807) is 12.3 Å². The molecule has 3 nitrogen and oxygen atoms in total. The largest absolute Gasteiger partial charge is 0.378 e. The zero-order valence-electron chi connectivity index (χ0n) is 10.8. The Kier molecular flexibility index (Phi) is 4.51. The molecule has 0 bridgehead atoms. The summed E-state index contributed by atoms with van der Waals surface area (Å²) in [5.74, 6) is 0.889. The molecule has 2 aromatic rings. The summed E-state index contributed by atoms with van der Waals surface area (Å²) in [4.78, 5) is 6.30. The number of anilines is 2. The topological polar surface area (TPSA) is 28.2 Å². The lowest BCUT2D eigenvalue weighted by atomic mass is 10.2. The van der Waals surface area contributed by atoms with Gasteiger partial charge < -0.3 is 10.2 Å². The van der Waals surface area contributed by atoms with Crippen LogP contribution >= 0.6 is 23.2 Å². The van der Waals surface area contributed by atoms with Gasteiger partial charge in [-0.05, 0) is 23.8 Å². The van der Waals surface area contributed by atoms with Crippen molar-refractivity contribution in [2.45, 2.75) is 6.54 Å². The van der Waals surface area contributed by atoms with Crippen LogP contribution in [0.25, 0.3) is 0 Å². The van der Waals surface area contributed by atoms with Crippen molar-refractivity contribution in [2.75, 3.05) is 24.3 Å². The second-order valence-corrected chi connectivity index (χ2v) is 5.12. The SMILES string of the molecule is CN(C)c1ncccc1NCc1cccc(Cl)c1Cl. The van der Waals surface area contributed by atoms with Crippen LogP contribution in [0.2, 0.25) is 10.0 Å². The van der Waals surface area contributed by atoms with Gasteiger partial charge in [0.15, 0.2) is 5.82 Å². The molecule has 0 atom stereocenters. The number of nitrogens with one attached hydrogen (secondary N) is 1. The second kappa shape index (κ2) is 6.13. The Labute approximate surface area is 123 Å². The number of nitrogens with zero attached hydrogens (tertiary/aromatic N) is 2. The van der Waals surface area contributed by atoms with Gasteiger partial charge in [0.1, 0.15) is 0 Å². The van der Waals surface area contributed by atoms with E-state index >= 15 is 0 Å². The molecule has 0 saturated carbocycles. The van der Waals surface area contributed by atoms with Gasteiger partial charge in [-0.3, -0.25) is 0 Å². The molecule has 0 aliphatic heterocycles. The normalized spacial score (nSPS) is 10.3. The standard InChI is InChI=1S/C14H15Cl2N3/c1-19(2)14-12(7-4-8-17-14)18-9-10-5-3-6-11(15)13(10)16/h3-8,18H,9H2,1-2H3. The van der Waals surface area contributed by atoms with E-state index in [0.29, 0.717) is 16.6 Å². The fraction of sp³-hybridized carbons (Fsp3) is 0.214. The molecule has 19 heavy (non-hydrogen) atoms. The number of rotatable bonds is 4. The predicted octanol–water partition coefficient (Wildman–Crippen LogP) is 4.07. The fourth-order valence-electron chi connectivity index (χ4n) is 1.77. The molecular formula is C14H15Cl2N3. The van der Waals surface area contributed by atoms with E-state index in [0.717, 1.165) is 17.1 Å². The molecule has 0 fully saturated rings. The Balaban J connectivity index is 2.17. The van der Waals surface area contributed by atoms with Crippen molar-refractivity contribution in [3.05, 3.63) is 52.1 Å². The highest BCUT2D eigenvalue weighted by molar-refractivity contribution is 6.42. The van der Waals surface area contributed by atoms with Crippen LogP contribution in [0.15, 0.2) is 36.5 Å². The third kappa shape index (κ3) is 3.31. The van der Waals surface area contributed by atoms with Crippen molar-refractivity contribution in [3.8, 4) is 0 Å². The maximum atomic E-state index is 6.16. The van der Waals surface area contributed by atoms with Crippen LogP contribution in [0.3, 0.4) is 0 Å². The van der Waals surface area contributed by atoms with E-state index in [4.69, 9.17) is 23.2 Å². The summed E-state index contributed by atoms with van der Waals surface area (Å²) in [5.41, 5.74) is 1.92. The molecule has 0 amide bonds. The zero-order chi connectivity index (χ0) is 13.8. The highest BCUT2D eigenvalue weighted by Crippen LogP contribution is 2.27. The van der Waals surface area contributed by atoms with E-state index in [-0.39, 0.29) is 0 Å². The average Bonchev–Trinajstić information content (AvgIpc) is 2.40. The van der Waals surface area contributed by atoms with Gasteiger partial charge >= 0.3 is 0 Å². The molecule has 1 N–H and O–H groups in total. The summed E-state index contributed by atoms with van der Waals surface area (Å²) in [7, 11) is 3.92. The van der Waals surface area contributed by atoms with E-state index in [2.05, 4.69) is 10.3 Å². The van der Waals surface area contributed by atoms with E-state index in [1.807, 2.05) is 43.3 Å². The van der Waals surface area contributed by atoms with Crippen molar-refractivity contribution < 1.29 is 0 Å². The molecule has 0 radical (unpaired) electrons. The number of hydrogen-bond donors (Lipinski definition) is 1. The van der Waals surface area contributed by atoms with Crippen LogP contribution in [0.1, 0.15) is 5.56 Å². The smallest absolute Gasteiger partial charge is 0.151 e. The monoisotopic (exact) mass is 295 g/mol. The highest BCUT2D eigenvalue weighted by atomic mass is 35.5. The summed E-state index contributed by atoms with van der Waals surface area (Å²) < 4.78 is 0. The van der Waals surface area contributed by atoms with Gasteiger partial charge in [-0.15, -0.1) is 0 Å². The third-order valence-corrected chi connectivity index (χ3v) is 3.57. The number of aromatic nitrogens is 1. The summed E-state index contributed by atoms with van der Waals surface area (Å²) in [6, 6.07) is 9.51. The van der Waals surface area contributed by atoms with Crippen molar-refractivity contribution in [3.63, 3.8) is 0 Å². The summed E-state index contributed by atoms with van der Waals surface area (Å²) in [6.45, 7) is 0.603. The molecule has 0 aliphatic carbocycles. The quantitative estimate of drug-likeness (QED) is 0.922. The lowest BCUT2D eigenvalue weighted by molar-refractivity contribution is 1.05. The minimum atomic E-state index is 0.569. The Morgan fingerprint density at radius 2 is 1.95 bits per heavy atom. The van der Waals surface area contributed by atoms with Crippen LogP contribution in [-0.4, -0.2) is 19.1 Å². The summed E-state index contributed by atoms with van der Waals surface area (Å²) in [5, 5.41) is 4.49. The molecule has 1 heterocycles. The van der Waals surface area contributed by atoms with Crippen LogP contribution in [-0.2, 0) is 6.54 Å². The summed E-state index contributed by atoms with van der Waals surface area (Å²) in [6.07, 6.45) is 1.77. The first-order chi connectivity index (χ1) is 9.09. The van der Waals surface area contributed by atoms with Crippen molar-refractivity contribution >= 4 is 34.7 Å². The average molecular weight is 296 g/mol. The van der Waals surface area contributed by atoms with E-state index in [1.165, 1.54) is 0 Å². The molecule has 100 valence electrons. The van der Waals surface area contributed by atoms with Gasteiger partial charge in [-0.1, -0.05) is 35.3 Å². The first-order valence-corrected chi connectivity index (χ1v) is 6.64. The predicted molar refractivity (Wildman–Crippen MR) is 82.4 cm³/mol. The third-order valence-electron chi connectivity index (χ3n) is 2.71. The maximum Gasteiger partial charge on any atom is 0.151 e. The van der Waals surface area contributed by atoms with Gasteiger partial charge in [0.2, 0.25) is 0 Å². The van der Waals surface area contributed by atoms with E-state index in [9.17, 15) is 0 Å². The molecule has 2 rings (SSSR count). The first-order valence-electron chi connectivity index (χ1n) is 5.88. The Bertz CT molecular complexity index is 570. The van der Waals surface area contributed by atoms with Gasteiger partial charge in [0.25, 0.3) is 0 Å². The number of benzene rings is 1. The number of halogens is 2. The minimum absolute atomic E-state index is 0.569. The first kappa shape index (κ1) is 14.0. The van der Waals surface area contributed by atoms with Crippen LogP contribution < -0.4 is 10.2 Å². The van der Waals surface area contributed by atoms with Gasteiger partial charge in [0.05, 0.1) is 15.7 Å². The molecular weight excluding hydrogens is 281 g/mol. The Morgan fingerprint density at radius 1 is 1.16 bits per heavy atom. The molecule has 1 aromatic heterocycles. The van der Waals surface area contributed by atoms with E-state index < -0.39 is 0 Å². The molecule has 0 spiro atoms. The van der Waals surface area contributed by atoms with Crippen LogP contribution in [0.5, 0.6) is 0 Å². The second-order valence-electron chi connectivity index (χ2n) is 4.34. The number of pyridine rings is 1. The highest BCUT2D eigenvalue weighted by Gasteiger charge is 2.07. The van der Waals surface area contributed by atoms with Crippen molar-refractivity contribution in [2.24, 2.45) is 0 Å². The molecule has 0 aliphatic rings. The molecule has 5 heteroatoms. The Hall–Kier alpha value is -1.45. The van der Waals surface area contributed by atoms with Crippen molar-refractivity contribution in [1.82, 2.24) is 4.98 Å². The summed E-state index contributed by atoms with van der Waals surface area (Å²) >= 11 is 12.2. The zero-order valence-corrected chi connectivity index (χ0v) is 12.3. The van der Waals surface area contributed by atoms with Gasteiger partial charge in [-0.2, -0.15) is 0 Å². The minimum Gasteiger partial charge on any atom is -0.378 e. The number of hydrogen-bond acceptors (Lipinski definition) is 3. The Morgan fingerprint density at radius 3 is 2.68 bits per heavy atom. The van der Waals surface area contributed by atoms with Crippen LogP contribution in [0, 0.1) is 0 Å². The van der Waals surface area contributed by atoms with Gasteiger partial charge in [0, 0.05) is 26.8 Å². The fourth-order valence-corrected chi connectivity index (χ4v) is 2.15. The molecule has 1 aromatic carbocycles. The molecule has 0 saturated heterocycles. The maximum absolute atomic E-state index is 6.16. The molecule has 0 unspecified atom stereocenters. The van der Waals surface area contributed by atoms with Crippen LogP contribution in [0.4, 0.5) is 11.5 Å². The lowest BCUT2D eigenvalue weighted by Gasteiger charge is -2.17. The van der Waals surface area contributed by atoms with Crippen molar-refractivity contribution in [1.29, 1.82) is 0 Å². The lowest BCUT2D eigenvalue weighted by Crippen LogP contribution is -2.13. The van der Waals surface area contributed by atoms with Gasteiger partial charge in [-0.25, -0.2) is 4.98 Å².